The van der Waals surface area contributed by atoms with Crippen molar-refractivity contribution in [3.8, 4) is 0 Å². The minimum Gasteiger partial charge on any atom is -0.379 e. The molecule has 0 aliphatic carbocycles. The molecular formula is C24H30N2O3. The van der Waals surface area contributed by atoms with E-state index in [9.17, 15) is 9.59 Å². The second-order valence-electron chi connectivity index (χ2n) is 7.41. The molecule has 1 saturated heterocycles. The van der Waals surface area contributed by atoms with Crippen LogP contribution in [-0.4, -0.2) is 42.9 Å². The van der Waals surface area contributed by atoms with E-state index in [1.165, 1.54) is 11.1 Å². The molecule has 0 atom stereocenters. The Morgan fingerprint density at radius 2 is 1.66 bits per heavy atom. The van der Waals surface area contributed by atoms with E-state index in [0.29, 0.717) is 12.1 Å². The van der Waals surface area contributed by atoms with Crippen molar-refractivity contribution in [3.63, 3.8) is 0 Å². The Labute approximate surface area is 173 Å². The molecule has 0 saturated carbocycles. The van der Waals surface area contributed by atoms with E-state index < -0.39 is 0 Å². The maximum atomic E-state index is 12.3. The molecule has 0 spiro atoms. The van der Waals surface area contributed by atoms with Crippen molar-refractivity contribution in [3.05, 3.63) is 70.8 Å². The number of Topliss-reactive ketones (excluding diaryl/α,β-unsaturated/α-hetero) is 1. The summed E-state index contributed by atoms with van der Waals surface area (Å²) in [5.74, 6) is -0.0831. The lowest BCUT2D eigenvalue weighted by Crippen LogP contribution is -2.36. The molecular weight excluding hydrogens is 364 g/mol. The van der Waals surface area contributed by atoms with E-state index >= 15 is 0 Å². The second-order valence-corrected chi connectivity index (χ2v) is 7.41. The normalized spacial score (nSPS) is 14.5. The molecule has 154 valence electrons. The van der Waals surface area contributed by atoms with Crippen molar-refractivity contribution >= 4 is 11.7 Å². The van der Waals surface area contributed by atoms with E-state index in [1.807, 2.05) is 36.4 Å². The van der Waals surface area contributed by atoms with Gasteiger partial charge in [-0.25, -0.2) is 0 Å². The van der Waals surface area contributed by atoms with Crippen LogP contribution in [0.25, 0.3) is 0 Å². The highest BCUT2D eigenvalue weighted by atomic mass is 16.5. The fourth-order valence-electron chi connectivity index (χ4n) is 3.46. The summed E-state index contributed by atoms with van der Waals surface area (Å²) in [6.45, 7) is 6.84. The third-order valence-corrected chi connectivity index (χ3v) is 5.36. The Hall–Kier alpha value is -2.50. The maximum absolute atomic E-state index is 12.3. The van der Waals surface area contributed by atoms with Crippen molar-refractivity contribution in [2.45, 2.75) is 39.3 Å². The molecule has 1 heterocycles. The Morgan fingerprint density at radius 1 is 0.966 bits per heavy atom. The van der Waals surface area contributed by atoms with Crippen LogP contribution in [-0.2, 0) is 29.0 Å². The van der Waals surface area contributed by atoms with E-state index in [4.69, 9.17) is 4.74 Å². The first kappa shape index (κ1) is 21.2. The Balaban J connectivity index is 1.47. The van der Waals surface area contributed by atoms with Gasteiger partial charge in [0.05, 0.1) is 13.2 Å². The zero-order valence-corrected chi connectivity index (χ0v) is 17.2. The van der Waals surface area contributed by atoms with Gasteiger partial charge in [-0.15, -0.1) is 0 Å². The molecule has 1 aliphatic heterocycles. The predicted molar refractivity (Wildman–Crippen MR) is 114 cm³/mol. The molecule has 1 N–H and O–H groups in total. The molecule has 0 aromatic heterocycles. The number of morpholine rings is 1. The van der Waals surface area contributed by atoms with Crippen LogP contribution in [0, 0.1) is 0 Å². The molecule has 1 aliphatic rings. The third kappa shape index (κ3) is 6.51. The predicted octanol–water partition coefficient (Wildman–Crippen LogP) is 3.36. The molecule has 29 heavy (non-hydrogen) atoms. The van der Waals surface area contributed by atoms with Gasteiger partial charge in [0.25, 0.3) is 0 Å². The molecule has 5 nitrogen and oxygen atoms in total. The number of nitrogens with zero attached hydrogens (tertiary/aromatic N) is 1. The summed E-state index contributed by atoms with van der Waals surface area (Å²) >= 11 is 0. The average molecular weight is 395 g/mol. The monoisotopic (exact) mass is 394 g/mol. The number of benzene rings is 2. The van der Waals surface area contributed by atoms with Gasteiger partial charge in [0.1, 0.15) is 0 Å². The minimum atomic E-state index is -0.0929. The number of hydrogen-bond donors (Lipinski definition) is 1. The summed E-state index contributed by atoms with van der Waals surface area (Å²) < 4.78 is 5.41. The summed E-state index contributed by atoms with van der Waals surface area (Å²) in [6.07, 6.45) is 1.39. The largest absolute Gasteiger partial charge is 0.379 e. The lowest BCUT2D eigenvalue weighted by Gasteiger charge is -2.27. The van der Waals surface area contributed by atoms with Crippen LogP contribution in [0.1, 0.15) is 46.8 Å². The first-order valence-electron chi connectivity index (χ1n) is 10.4. The number of amides is 1. The van der Waals surface area contributed by atoms with Gasteiger partial charge >= 0.3 is 0 Å². The van der Waals surface area contributed by atoms with Crippen molar-refractivity contribution in [1.82, 2.24) is 10.2 Å². The SMILES string of the molecule is CCc1ccc(C(=O)CCC(=O)NCc2ccccc2CN2CCOCC2)cc1. The summed E-state index contributed by atoms with van der Waals surface area (Å²) in [4.78, 5) is 26.9. The van der Waals surface area contributed by atoms with Gasteiger partial charge in [0, 0.05) is 44.6 Å². The van der Waals surface area contributed by atoms with Crippen LogP contribution < -0.4 is 5.32 Å². The minimum absolute atomic E-state index is 0.00974. The smallest absolute Gasteiger partial charge is 0.220 e. The van der Waals surface area contributed by atoms with Crippen LogP contribution in [0.3, 0.4) is 0 Å². The summed E-state index contributed by atoms with van der Waals surface area (Å²) in [5, 5.41) is 2.97. The zero-order valence-electron chi connectivity index (χ0n) is 17.2. The van der Waals surface area contributed by atoms with Crippen LogP contribution in [0.5, 0.6) is 0 Å². The van der Waals surface area contributed by atoms with E-state index in [-0.39, 0.29) is 24.5 Å². The highest BCUT2D eigenvalue weighted by Gasteiger charge is 2.14. The van der Waals surface area contributed by atoms with Gasteiger partial charge in [-0.1, -0.05) is 55.5 Å². The summed E-state index contributed by atoms with van der Waals surface area (Å²) in [7, 11) is 0. The third-order valence-electron chi connectivity index (χ3n) is 5.36. The fourth-order valence-corrected chi connectivity index (χ4v) is 3.46. The van der Waals surface area contributed by atoms with Crippen molar-refractivity contribution < 1.29 is 14.3 Å². The maximum Gasteiger partial charge on any atom is 0.220 e. The number of rotatable bonds is 9. The van der Waals surface area contributed by atoms with Crippen LogP contribution in [0.2, 0.25) is 0 Å². The van der Waals surface area contributed by atoms with Gasteiger partial charge in [-0.05, 0) is 23.1 Å². The van der Waals surface area contributed by atoms with Crippen LogP contribution in [0.15, 0.2) is 48.5 Å². The number of aryl methyl sites for hydroxylation is 1. The van der Waals surface area contributed by atoms with E-state index in [0.717, 1.165) is 44.8 Å². The number of ketones is 1. The van der Waals surface area contributed by atoms with Gasteiger partial charge < -0.3 is 10.1 Å². The number of carbonyl (C=O) groups excluding carboxylic acids is 2. The second kappa shape index (κ2) is 10.9. The first-order valence-corrected chi connectivity index (χ1v) is 10.4. The molecule has 0 radical (unpaired) electrons. The molecule has 3 rings (SSSR count). The fraction of sp³-hybridized carbons (Fsp3) is 0.417. The number of carbonyl (C=O) groups is 2. The quantitative estimate of drug-likeness (QED) is 0.663. The van der Waals surface area contributed by atoms with E-state index in [2.05, 4.69) is 29.3 Å². The lowest BCUT2D eigenvalue weighted by atomic mass is 10.0. The van der Waals surface area contributed by atoms with Gasteiger partial charge in [0.2, 0.25) is 5.91 Å². The number of nitrogens with one attached hydrogen (secondary N) is 1. The molecule has 0 unspecified atom stereocenters. The summed E-state index contributed by atoms with van der Waals surface area (Å²) in [6, 6.07) is 15.8. The van der Waals surface area contributed by atoms with Gasteiger partial charge in [-0.2, -0.15) is 0 Å². The topological polar surface area (TPSA) is 58.6 Å². The Bertz CT molecular complexity index is 811. The molecule has 2 aromatic carbocycles. The van der Waals surface area contributed by atoms with Gasteiger partial charge in [0.15, 0.2) is 5.78 Å². The Kier molecular flexibility index (Phi) is 7.96. The van der Waals surface area contributed by atoms with Crippen molar-refractivity contribution in [2.24, 2.45) is 0 Å². The van der Waals surface area contributed by atoms with Gasteiger partial charge in [-0.3, -0.25) is 14.5 Å². The lowest BCUT2D eigenvalue weighted by molar-refractivity contribution is -0.121. The first-order chi connectivity index (χ1) is 14.2. The number of ether oxygens (including phenoxy) is 1. The zero-order chi connectivity index (χ0) is 20.5. The van der Waals surface area contributed by atoms with Crippen LogP contribution in [0.4, 0.5) is 0 Å². The highest BCUT2D eigenvalue weighted by molar-refractivity contribution is 5.97. The Morgan fingerprint density at radius 3 is 2.34 bits per heavy atom. The molecule has 5 heteroatoms. The average Bonchev–Trinajstić information content (AvgIpc) is 2.77. The van der Waals surface area contributed by atoms with Crippen molar-refractivity contribution in [2.75, 3.05) is 26.3 Å². The standard InChI is InChI=1S/C24H30N2O3/c1-2-19-7-9-20(10-8-19)23(27)11-12-24(28)25-17-21-5-3-4-6-22(21)18-26-13-15-29-16-14-26/h3-10H,2,11-18H2,1H3,(H,25,28). The highest BCUT2D eigenvalue weighted by Crippen LogP contribution is 2.13. The molecule has 1 amide bonds. The molecule has 0 bridgehead atoms. The number of hydrogen-bond acceptors (Lipinski definition) is 4. The molecule has 2 aromatic rings. The van der Waals surface area contributed by atoms with E-state index in [1.54, 1.807) is 0 Å². The van der Waals surface area contributed by atoms with Crippen LogP contribution >= 0.6 is 0 Å². The molecule has 1 fully saturated rings. The van der Waals surface area contributed by atoms with Crippen molar-refractivity contribution in [1.29, 1.82) is 0 Å². The summed E-state index contributed by atoms with van der Waals surface area (Å²) in [5.41, 5.74) is 4.22.